The van der Waals surface area contributed by atoms with E-state index in [1.54, 1.807) is 23.1 Å². The summed E-state index contributed by atoms with van der Waals surface area (Å²) in [6.07, 6.45) is 0.383. The van der Waals surface area contributed by atoms with Crippen LogP contribution in [-0.4, -0.2) is 31.4 Å². The molecule has 0 aliphatic carbocycles. The molecule has 3 rings (SSSR count). The second kappa shape index (κ2) is 3.42. The fraction of sp³-hybridized carbons (Fsp3) is 0.417. The Bertz CT molecular complexity index is 479. The van der Waals surface area contributed by atoms with E-state index in [-0.39, 0.29) is 18.9 Å². The number of carbonyl (C=O) groups excluding carboxylic acids is 1. The molecule has 1 aromatic rings. The molecule has 90 valence electrons. The Labute approximate surface area is 97.0 Å². The standard InChI is InChI=1S/C12H11F2NO2/c13-12(14)6-15(7-12)8-1-2-9-10(16)3-4-17-11(9)5-8/h1-2,5H,3-4,6-7H2. The summed E-state index contributed by atoms with van der Waals surface area (Å²) in [6.45, 7) is -0.162. The number of rotatable bonds is 1. The Kier molecular flexibility index (Phi) is 2.11. The first kappa shape index (κ1) is 10.5. The number of ether oxygens (including phenoxy) is 1. The highest BCUT2D eigenvalue weighted by Crippen LogP contribution is 2.35. The van der Waals surface area contributed by atoms with Crippen LogP contribution in [0, 0.1) is 0 Å². The Morgan fingerprint density at radius 3 is 2.76 bits per heavy atom. The van der Waals surface area contributed by atoms with Crippen molar-refractivity contribution in [2.24, 2.45) is 0 Å². The van der Waals surface area contributed by atoms with Gasteiger partial charge in [-0.1, -0.05) is 0 Å². The molecule has 0 radical (unpaired) electrons. The third kappa shape index (κ3) is 1.75. The maximum atomic E-state index is 12.7. The first-order valence-electron chi connectivity index (χ1n) is 5.48. The van der Waals surface area contributed by atoms with Crippen LogP contribution in [0.1, 0.15) is 16.8 Å². The Hall–Kier alpha value is -1.65. The average Bonchev–Trinajstić information content (AvgIpc) is 2.25. The molecule has 3 nitrogen and oxygen atoms in total. The van der Waals surface area contributed by atoms with Gasteiger partial charge in [0, 0.05) is 18.2 Å². The number of hydrogen-bond donors (Lipinski definition) is 0. The van der Waals surface area contributed by atoms with E-state index in [1.165, 1.54) is 0 Å². The number of benzene rings is 1. The van der Waals surface area contributed by atoms with Crippen molar-refractivity contribution in [3.05, 3.63) is 23.8 Å². The second-order valence-electron chi connectivity index (χ2n) is 4.41. The van der Waals surface area contributed by atoms with Crippen LogP contribution in [-0.2, 0) is 0 Å². The molecule has 1 aromatic carbocycles. The van der Waals surface area contributed by atoms with Crippen LogP contribution in [0.5, 0.6) is 5.75 Å². The molecule has 0 saturated carbocycles. The predicted molar refractivity (Wildman–Crippen MR) is 58.0 cm³/mol. The molecule has 17 heavy (non-hydrogen) atoms. The van der Waals surface area contributed by atoms with Crippen molar-refractivity contribution in [2.45, 2.75) is 12.3 Å². The molecule has 2 heterocycles. The van der Waals surface area contributed by atoms with Gasteiger partial charge in [0.2, 0.25) is 0 Å². The largest absolute Gasteiger partial charge is 0.492 e. The molecule has 5 heteroatoms. The van der Waals surface area contributed by atoms with E-state index in [0.717, 1.165) is 0 Å². The zero-order valence-corrected chi connectivity index (χ0v) is 9.08. The van der Waals surface area contributed by atoms with Gasteiger partial charge in [-0.25, -0.2) is 8.78 Å². The average molecular weight is 239 g/mol. The lowest BCUT2D eigenvalue weighted by Crippen LogP contribution is -2.56. The molecular formula is C12H11F2NO2. The SMILES string of the molecule is O=C1CCOc2cc(N3CC(F)(F)C3)ccc21. The van der Waals surface area contributed by atoms with Gasteiger partial charge in [-0.05, 0) is 12.1 Å². The van der Waals surface area contributed by atoms with Crippen molar-refractivity contribution in [1.82, 2.24) is 0 Å². The number of anilines is 1. The van der Waals surface area contributed by atoms with Crippen LogP contribution in [0.25, 0.3) is 0 Å². The molecule has 0 bridgehead atoms. The highest BCUT2D eigenvalue weighted by Gasteiger charge is 2.44. The van der Waals surface area contributed by atoms with E-state index in [2.05, 4.69) is 0 Å². The van der Waals surface area contributed by atoms with Gasteiger partial charge in [0.15, 0.2) is 5.78 Å². The zero-order valence-electron chi connectivity index (χ0n) is 9.08. The summed E-state index contributed by atoms with van der Waals surface area (Å²) in [5, 5.41) is 0. The third-order valence-corrected chi connectivity index (χ3v) is 3.06. The third-order valence-electron chi connectivity index (χ3n) is 3.06. The van der Waals surface area contributed by atoms with E-state index < -0.39 is 5.92 Å². The fourth-order valence-electron chi connectivity index (χ4n) is 2.14. The van der Waals surface area contributed by atoms with Crippen LogP contribution in [0.2, 0.25) is 0 Å². The number of halogens is 2. The van der Waals surface area contributed by atoms with Crippen molar-refractivity contribution in [2.75, 3.05) is 24.6 Å². The van der Waals surface area contributed by atoms with E-state index in [4.69, 9.17) is 4.74 Å². The van der Waals surface area contributed by atoms with Crippen molar-refractivity contribution in [1.29, 1.82) is 0 Å². The maximum Gasteiger partial charge on any atom is 0.282 e. The number of nitrogens with zero attached hydrogens (tertiary/aromatic N) is 1. The molecule has 0 spiro atoms. The summed E-state index contributed by atoms with van der Waals surface area (Å²) >= 11 is 0. The van der Waals surface area contributed by atoms with Gasteiger partial charge in [0.05, 0.1) is 25.3 Å². The second-order valence-corrected chi connectivity index (χ2v) is 4.41. The highest BCUT2D eigenvalue weighted by molar-refractivity contribution is 6.00. The minimum atomic E-state index is -2.59. The summed E-state index contributed by atoms with van der Waals surface area (Å²) in [7, 11) is 0. The zero-order chi connectivity index (χ0) is 12.0. The lowest BCUT2D eigenvalue weighted by atomic mass is 10.0. The number of Topliss-reactive ketones (excluding diaryl/α,β-unsaturated/α-hetero) is 1. The van der Waals surface area contributed by atoms with E-state index >= 15 is 0 Å². The molecule has 2 aliphatic rings. The fourth-order valence-corrected chi connectivity index (χ4v) is 2.14. The first-order valence-corrected chi connectivity index (χ1v) is 5.48. The van der Waals surface area contributed by atoms with Gasteiger partial charge < -0.3 is 9.64 Å². The van der Waals surface area contributed by atoms with Crippen LogP contribution in [0.3, 0.4) is 0 Å². The Balaban J connectivity index is 1.87. The van der Waals surface area contributed by atoms with Gasteiger partial charge in [-0.2, -0.15) is 0 Å². The molecule has 1 fully saturated rings. The molecule has 0 N–H and O–H groups in total. The number of ketones is 1. The van der Waals surface area contributed by atoms with E-state index in [1.807, 2.05) is 0 Å². The molecule has 0 amide bonds. The smallest absolute Gasteiger partial charge is 0.282 e. The van der Waals surface area contributed by atoms with Crippen LogP contribution in [0.4, 0.5) is 14.5 Å². The monoisotopic (exact) mass is 239 g/mol. The summed E-state index contributed by atoms with van der Waals surface area (Å²) < 4.78 is 30.9. The van der Waals surface area contributed by atoms with Gasteiger partial charge in [-0.15, -0.1) is 0 Å². The molecule has 0 atom stereocenters. The lowest BCUT2D eigenvalue weighted by Gasteiger charge is -2.40. The number of fused-ring (bicyclic) bond motifs is 1. The Morgan fingerprint density at radius 2 is 2.06 bits per heavy atom. The van der Waals surface area contributed by atoms with Crippen LogP contribution >= 0.6 is 0 Å². The molecule has 1 saturated heterocycles. The van der Waals surface area contributed by atoms with Crippen LogP contribution in [0.15, 0.2) is 18.2 Å². The van der Waals surface area contributed by atoms with Gasteiger partial charge in [-0.3, -0.25) is 4.79 Å². The summed E-state index contributed by atoms with van der Waals surface area (Å²) in [5.74, 6) is -2.03. The van der Waals surface area contributed by atoms with Crippen molar-refractivity contribution >= 4 is 11.5 Å². The van der Waals surface area contributed by atoms with Crippen molar-refractivity contribution in [3.63, 3.8) is 0 Å². The molecular weight excluding hydrogens is 228 g/mol. The number of hydrogen-bond acceptors (Lipinski definition) is 3. The summed E-state index contributed by atoms with van der Waals surface area (Å²) in [6, 6.07) is 5.02. The number of alkyl halides is 2. The van der Waals surface area contributed by atoms with Gasteiger partial charge in [0.25, 0.3) is 5.92 Å². The molecule has 0 aromatic heterocycles. The predicted octanol–water partition coefficient (Wildman–Crippen LogP) is 2.11. The topological polar surface area (TPSA) is 29.5 Å². The van der Waals surface area contributed by atoms with Crippen LogP contribution < -0.4 is 9.64 Å². The van der Waals surface area contributed by atoms with E-state index in [9.17, 15) is 13.6 Å². The van der Waals surface area contributed by atoms with Crippen molar-refractivity contribution in [3.8, 4) is 5.75 Å². The molecule has 2 aliphatic heterocycles. The van der Waals surface area contributed by atoms with E-state index in [0.29, 0.717) is 30.0 Å². The minimum absolute atomic E-state index is 0.0479. The van der Waals surface area contributed by atoms with Crippen molar-refractivity contribution < 1.29 is 18.3 Å². The molecule has 0 unspecified atom stereocenters. The van der Waals surface area contributed by atoms with Gasteiger partial charge >= 0.3 is 0 Å². The number of carbonyl (C=O) groups is 1. The normalized spacial score (nSPS) is 21.5. The minimum Gasteiger partial charge on any atom is -0.492 e. The van der Waals surface area contributed by atoms with Gasteiger partial charge in [0.1, 0.15) is 5.75 Å². The maximum absolute atomic E-state index is 12.7. The lowest BCUT2D eigenvalue weighted by molar-refractivity contribution is -0.0262. The summed E-state index contributed by atoms with van der Waals surface area (Å²) in [4.78, 5) is 13.1. The quantitative estimate of drug-likeness (QED) is 0.751. The first-order chi connectivity index (χ1) is 8.05. The summed E-state index contributed by atoms with van der Waals surface area (Å²) in [5.41, 5.74) is 1.23. The highest BCUT2D eigenvalue weighted by atomic mass is 19.3. The Morgan fingerprint density at radius 1 is 1.29 bits per heavy atom.